The van der Waals surface area contributed by atoms with Crippen LogP contribution in [0.25, 0.3) is 0 Å². The Hall–Kier alpha value is -0.434. The van der Waals surface area contributed by atoms with Gasteiger partial charge in [-0.25, -0.2) is 13.4 Å². The number of aromatic amines is 1. The number of imidazole rings is 1. The van der Waals surface area contributed by atoms with Crippen LogP contribution in [0.3, 0.4) is 0 Å². The summed E-state index contributed by atoms with van der Waals surface area (Å²) in [5.41, 5.74) is -6.87. The van der Waals surface area contributed by atoms with Crippen molar-refractivity contribution in [3.05, 3.63) is 11.4 Å². The van der Waals surface area contributed by atoms with Crippen molar-refractivity contribution in [2.45, 2.75) is 10.7 Å². The molecule has 0 aliphatic carbocycles. The molecule has 11 heteroatoms. The summed E-state index contributed by atoms with van der Waals surface area (Å²) < 4.78 is 57.8. The van der Waals surface area contributed by atoms with Crippen LogP contribution in [0.2, 0.25) is 0 Å². The van der Waals surface area contributed by atoms with E-state index in [1.165, 1.54) is 12.1 Å². The van der Waals surface area contributed by atoms with Crippen molar-refractivity contribution < 1.29 is 73.0 Å². The number of H-pyrrole nitrogens is 1. The first kappa shape index (κ1) is 16.6. The minimum Gasteiger partial charge on any atom is -0.319 e. The third-order valence-electron chi connectivity index (χ3n) is 1.46. The fourth-order valence-electron chi connectivity index (χ4n) is 0.750. The van der Waals surface area contributed by atoms with Gasteiger partial charge in [0.1, 0.15) is 12.1 Å². The van der Waals surface area contributed by atoms with E-state index in [1.54, 1.807) is 4.98 Å². The molecule has 0 aliphatic heterocycles. The SMILES string of the molecule is N#Cc1nc(S(=O)(=O)C(F)(F)F)[nH]c1C#N.[K+]. The van der Waals surface area contributed by atoms with E-state index in [0.29, 0.717) is 0 Å². The Bertz CT molecular complexity index is 575. The van der Waals surface area contributed by atoms with Gasteiger partial charge in [-0.1, -0.05) is 0 Å². The zero-order valence-corrected chi connectivity index (χ0v) is 12.1. The summed E-state index contributed by atoms with van der Waals surface area (Å²) in [7, 11) is -5.67. The second kappa shape index (κ2) is 5.47. The Morgan fingerprint density at radius 2 is 1.76 bits per heavy atom. The molecule has 0 amide bonds. The summed E-state index contributed by atoms with van der Waals surface area (Å²) >= 11 is 0. The predicted octanol–water partition coefficient (Wildman–Crippen LogP) is -2.55. The predicted molar refractivity (Wildman–Crippen MR) is 41.3 cm³/mol. The monoisotopic (exact) mass is 289 g/mol. The third-order valence-corrected chi connectivity index (χ3v) is 2.77. The van der Waals surface area contributed by atoms with E-state index in [4.69, 9.17) is 10.5 Å². The van der Waals surface area contributed by atoms with Crippen molar-refractivity contribution >= 4 is 9.84 Å². The van der Waals surface area contributed by atoms with Crippen LogP contribution >= 0.6 is 0 Å². The molecule has 0 bridgehead atoms. The molecule has 0 saturated carbocycles. The Kier molecular flexibility index (Phi) is 5.33. The van der Waals surface area contributed by atoms with E-state index in [1.807, 2.05) is 0 Å². The number of alkyl halides is 3. The molecule has 0 radical (unpaired) electrons. The molecule has 1 aromatic rings. The third kappa shape index (κ3) is 3.07. The Morgan fingerprint density at radius 3 is 2.06 bits per heavy atom. The number of nitrogens with zero attached hydrogens (tertiary/aromatic N) is 3. The fraction of sp³-hybridized carbons (Fsp3) is 0.167. The first-order chi connectivity index (χ1) is 7.24. The van der Waals surface area contributed by atoms with Crippen LogP contribution < -0.4 is 51.4 Å². The molecule has 84 valence electrons. The number of halogens is 3. The molecule has 1 aromatic heterocycles. The number of hydrogen-bond donors (Lipinski definition) is 1. The summed E-state index contributed by atoms with van der Waals surface area (Å²) in [5.74, 6) is 0. The number of aromatic nitrogens is 2. The Labute approximate surface area is 136 Å². The van der Waals surface area contributed by atoms with Crippen LogP contribution in [0, 0.1) is 22.7 Å². The van der Waals surface area contributed by atoms with Gasteiger partial charge < -0.3 is 4.98 Å². The second-order valence-electron chi connectivity index (χ2n) is 2.44. The van der Waals surface area contributed by atoms with Gasteiger partial charge in [-0.3, -0.25) is 0 Å². The molecule has 1 rings (SSSR count). The minimum atomic E-state index is -5.67. The standard InChI is InChI=1S/C6HF3N4O2S.K/c7-6(8,9)16(14,15)5-12-3(1-10)4(2-11)13-5;/h(H,12,13);/q;+1. The normalized spacial score (nSPS) is 11.1. The van der Waals surface area contributed by atoms with E-state index in [9.17, 15) is 21.6 Å². The topological polar surface area (TPSA) is 110 Å². The maximum Gasteiger partial charge on any atom is 1.00 e. The van der Waals surface area contributed by atoms with Crippen molar-refractivity contribution in [2.24, 2.45) is 0 Å². The van der Waals surface area contributed by atoms with E-state index < -0.39 is 31.9 Å². The molecular formula is C6HF3KN4O2S+. The van der Waals surface area contributed by atoms with Gasteiger partial charge in [0.15, 0.2) is 11.4 Å². The fourth-order valence-corrected chi connectivity index (χ4v) is 1.42. The van der Waals surface area contributed by atoms with Crippen molar-refractivity contribution in [2.75, 3.05) is 0 Å². The van der Waals surface area contributed by atoms with Crippen molar-refractivity contribution in [3.63, 3.8) is 0 Å². The van der Waals surface area contributed by atoms with Gasteiger partial charge in [-0.2, -0.15) is 23.7 Å². The van der Waals surface area contributed by atoms with Crippen LogP contribution in [-0.4, -0.2) is 23.9 Å². The van der Waals surface area contributed by atoms with Crippen LogP contribution in [-0.2, 0) is 9.84 Å². The second-order valence-corrected chi connectivity index (χ2v) is 4.29. The van der Waals surface area contributed by atoms with Crippen molar-refractivity contribution in [3.8, 4) is 12.1 Å². The van der Waals surface area contributed by atoms with Crippen molar-refractivity contribution in [1.29, 1.82) is 10.5 Å². The van der Waals surface area contributed by atoms with Crippen LogP contribution in [0.1, 0.15) is 11.4 Å². The van der Waals surface area contributed by atoms with E-state index in [0.717, 1.165) is 0 Å². The molecule has 0 unspecified atom stereocenters. The first-order valence-electron chi connectivity index (χ1n) is 3.45. The van der Waals surface area contributed by atoms with E-state index >= 15 is 0 Å². The first-order valence-corrected chi connectivity index (χ1v) is 4.94. The largest absolute Gasteiger partial charge is 1.00 e. The van der Waals surface area contributed by atoms with Gasteiger partial charge in [0.25, 0.3) is 0 Å². The zero-order chi connectivity index (χ0) is 12.6. The van der Waals surface area contributed by atoms with Gasteiger partial charge in [0.05, 0.1) is 0 Å². The molecule has 0 aromatic carbocycles. The maximum atomic E-state index is 12.1. The number of sulfone groups is 1. The minimum absolute atomic E-state index is 0. The maximum absolute atomic E-state index is 12.1. The quantitative estimate of drug-likeness (QED) is 0.572. The molecule has 0 aliphatic rings. The molecule has 17 heavy (non-hydrogen) atoms. The molecule has 0 atom stereocenters. The van der Waals surface area contributed by atoms with Crippen LogP contribution in [0.5, 0.6) is 0 Å². The Balaban J connectivity index is 0.00000256. The van der Waals surface area contributed by atoms with Gasteiger partial charge in [-0.05, 0) is 0 Å². The summed E-state index contributed by atoms with van der Waals surface area (Å²) in [6, 6.07) is 2.61. The summed E-state index contributed by atoms with van der Waals surface area (Å²) in [6.45, 7) is 0. The van der Waals surface area contributed by atoms with Crippen molar-refractivity contribution in [1.82, 2.24) is 9.97 Å². The van der Waals surface area contributed by atoms with Gasteiger partial charge in [0, 0.05) is 0 Å². The summed E-state index contributed by atoms with van der Waals surface area (Å²) in [5, 5.41) is 15.3. The van der Waals surface area contributed by atoms with Crippen LogP contribution in [0.15, 0.2) is 5.16 Å². The zero-order valence-electron chi connectivity index (χ0n) is 8.20. The average Bonchev–Trinajstić information content (AvgIpc) is 2.59. The molecule has 0 saturated heterocycles. The molecule has 0 spiro atoms. The number of nitrogens with one attached hydrogen (secondary N) is 1. The van der Waals surface area contributed by atoms with Gasteiger partial charge in [0.2, 0.25) is 5.16 Å². The Morgan fingerprint density at radius 1 is 1.24 bits per heavy atom. The molecule has 1 N–H and O–H groups in total. The van der Waals surface area contributed by atoms with E-state index in [2.05, 4.69) is 4.98 Å². The number of hydrogen-bond acceptors (Lipinski definition) is 5. The van der Waals surface area contributed by atoms with Crippen LogP contribution in [0.4, 0.5) is 13.2 Å². The summed E-state index contributed by atoms with van der Waals surface area (Å²) in [6.07, 6.45) is 0. The number of nitriles is 2. The molecule has 0 fully saturated rings. The van der Waals surface area contributed by atoms with Gasteiger partial charge in [-0.15, -0.1) is 0 Å². The van der Waals surface area contributed by atoms with E-state index in [-0.39, 0.29) is 51.4 Å². The molecule has 1 heterocycles. The van der Waals surface area contributed by atoms with Gasteiger partial charge >= 0.3 is 66.7 Å². The molecule has 6 nitrogen and oxygen atoms in total. The summed E-state index contributed by atoms with van der Waals surface area (Å²) in [4.78, 5) is 4.52. The number of rotatable bonds is 1. The molecular weight excluding hydrogens is 288 g/mol. The smallest absolute Gasteiger partial charge is 0.319 e. The average molecular weight is 289 g/mol.